The molecule has 3 heteroatoms. The lowest BCUT2D eigenvalue weighted by Crippen LogP contribution is -2.62. The summed E-state index contributed by atoms with van der Waals surface area (Å²) in [6.45, 7) is 35.3. The molecule has 1 aliphatic carbocycles. The average Bonchev–Trinajstić information content (AvgIpc) is 3.27. The number of fused-ring (bicyclic) bond motifs is 6. The van der Waals surface area contributed by atoms with E-state index < -0.39 is 0 Å². The third kappa shape index (κ3) is 6.81. The summed E-state index contributed by atoms with van der Waals surface area (Å²) in [5.74, 6) is 0.804. The minimum atomic E-state index is -0.212. The van der Waals surface area contributed by atoms with E-state index in [1.165, 1.54) is 112 Å². The molecule has 2 nitrogen and oxygen atoms in total. The summed E-state index contributed by atoms with van der Waals surface area (Å²) in [4.78, 5) is 5.28. The maximum absolute atomic E-state index is 2.68. The average molecular weight is 865 g/mol. The van der Waals surface area contributed by atoms with Crippen molar-refractivity contribution in [2.45, 2.75) is 137 Å². The zero-order chi connectivity index (χ0) is 47.0. The van der Waals surface area contributed by atoms with Gasteiger partial charge < -0.3 is 9.80 Å². The van der Waals surface area contributed by atoms with Crippen LogP contribution in [0.25, 0.3) is 11.1 Å². The molecule has 0 amide bonds. The van der Waals surface area contributed by atoms with Gasteiger partial charge in [-0.1, -0.05) is 182 Å². The van der Waals surface area contributed by atoms with Crippen molar-refractivity contribution in [3.05, 3.63) is 184 Å². The Morgan fingerprint density at radius 3 is 1.62 bits per heavy atom. The van der Waals surface area contributed by atoms with Gasteiger partial charge >= 0.3 is 0 Å². The standard InChI is InChI=1S/C63H69BN2/c1-38(2)42-19-18-20-46(33-42)65-55-34-43(39(3)4)25-29-52(55)64-53-36-50-51(63(14,15)49-22-17-16-21-48(49)62(50,12)13)37-56(53)66(58-32-40(5)31-57(65)59(58)64)54-30-28-45(61(9,10)11)35-47(54)41-23-26-44(27-24-41)60(6,7)8/h16-39H,1-15H3. The van der Waals surface area contributed by atoms with Gasteiger partial charge in [0.25, 0.3) is 6.71 Å². The predicted molar refractivity (Wildman–Crippen MR) is 287 cm³/mol. The van der Waals surface area contributed by atoms with Crippen LogP contribution in [0.15, 0.2) is 133 Å². The summed E-state index contributed by atoms with van der Waals surface area (Å²) in [5.41, 5.74) is 26.0. The maximum atomic E-state index is 2.68. The minimum absolute atomic E-state index is 0.0207. The Balaban J connectivity index is 1.34. The van der Waals surface area contributed by atoms with Gasteiger partial charge in [0, 0.05) is 44.8 Å². The molecule has 0 N–H and O–H groups in total. The van der Waals surface area contributed by atoms with Crippen molar-refractivity contribution in [1.82, 2.24) is 0 Å². The minimum Gasteiger partial charge on any atom is -0.311 e. The Labute approximate surface area is 397 Å². The van der Waals surface area contributed by atoms with Gasteiger partial charge in [-0.3, -0.25) is 0 Å². The van der Waals surface area contributed by atoms with E-state index in [1.54, 1.807) is 0 Å². The number of hydrogen-bond acceptors (Lipinski definition) is 2. The molecule has 10 rings (SSSR count). The van der Waals surface area contributed by atoms with Gasteiger partial charge in [0.15, 0.2) is 0 Å². The van der Waals surface area contributed by atoms with Crippen LogP contribution < -0.4 is 26.2 Å². The summed E-state index contributed by atoms with van der Waals surface area (Å²) >= 11 is 0. The highest BCUT2D eigenvalue weighted by Gasteiger charge is 2.48. The van der Waals surface area contributed by atoms with Crippen molar-refractivity contribution in [3.8, 4) is 11.1 Å². The molecular formula is C63H69BN2. The van der Waals surface area contributed by atoms with Gasteiger partial charge in [-0.25, -0.2) is 0 Å². The first-order valence-electron chi connectivity index (χ1n) is 24.6. The molecule has 66 heavy (non-hydrogen) atoms. The van der Waals surface area contributed by atoms with Crippen molar-refractivity contribution in [1.29, 1.82) is 0 Å². The van der Waals surface area contributed by atoms with Gasteiger partial charge in [0.05, 0.1) is 5.69 Å². The molecule has 2 aliphatic heterocycles. The molecule has 0 radical (unpaired) electrons. The second-order valence-corrected chi connectivity index (χ2v) is 23.6. The van der Waals surface area contributed by atoms with Crippen LogP contribution >= 0.6 is 0 Å². The van der Waals surface area contributed by atoms with Crippen LogP contribution in [-0.4, -0.2) is 6.71 Å². The Hall–Kier alpha value is -5.80. The monoisotopic (exact) mass is 865 g/mol. The van der Waals surface area contributed by atoms with Gasteiger partial charge in [0.1, 0.15) is 0 Å². The molecule has 2 heterocycles. The lowest BCUT2D eigenvalue weighted by Gasteiger charge is -2.48. The van der Waals surface area contributed by atoms with Crippen LogP contribution in [0, 0.1) is 6.92 Å². The van der Waals surface area contributed by atoms with Gasteiger partial charge in [0.2, 0.25) is 0 Å². The van der Waals surface area contributed by atoms with Crippen molar-refractivity contribution >= 4 is 57.2 Å². The number of nitrogens with zero attached hydrogens (tertiary/aromatic N) is 2. The van der Waals surface area contributed by atoms with E-state index >= 15 is 0 Å². The van der Waals surface area contributed by atoms with Crippen molar-refractivity contribution in [3.63, 3.8) is 0 Å². The molecular weight excluding hydrogens is 796 g/mol. The fourth-order valence-electron chi connectivity index (χ4n) is 11.6. The molecule has 7 aromatic carbocycles. The number of hydrogen-bond donors (Lipinski definition) is 0. The normalized spacial score (nSPS) is 15.6. The topological polar surface area (TPSA) is 6.48 Å². The van der Waals surface area contributed by atoms with E-state index in [0.717, 1.165) is 0 Å². The Morgan fingerprint density at radius 2 is 1.02 bits per heavy atom. The molecule has 0 fully saturated rings. The molecule has 0 bridgehead atoms. The number of rotatable bonds is 5. The van der Waals surface area contributed by atoms with Crippen LogP contribution in [0.5, 0.6) is 0 Å². The summed E-state index contributed by atoms with van der Waals surface area (Å²) < 4.78 is 0. The van der Waals surface area contributed by atoms with E-state index in [1.807, 2.05) is 0 Å². The summed E-state index contributed by atoms with van der Waals surface area (Å²) in [5, 5.41) is 0. The Kier molecular flexibility index (Phi) is 10.1. The smallest absolute Gasteiger partial charge is 0.252 e. The van der Waals surface area contributed by atoms with E-state index in [2.05, 4.69) is 247 Å². The van der Waals surface area contributed by atoms with Crippen LogP contribution in [0.4, 0.5) is 34.1 Å². The lowest BCUT2D eigenvalue weighted by atomic mass is 9.33. The van der Waals surface area contributed by atoms with Crippen LogP contribution in [0.2, 0.25) is 0 Å². The van der Waals surface area contributed by atoms with Crippen LogP contribution in [0.3, 0.4) is 0 Å². The fourth-order valence-corrected chi connectivity index (χ4v) is 11.6. The molecule has 0 saturated heterocycles. The molecule has 0 unspecified atom stereocenters. The summed E-state index contributed by atoms with van der Waals surface area (Å²) in [6, 6.07) is 52.9. The molecule has 0 atom stereocenters. The van der Waals surface area contributed by atoms with Crippen LogP contribution in [-0.2, 0) is 21.7 Å². The third-order valence-electron chi connectivity index (χ3n) is 15.6. The first-order valence-corrected chi connectivity index (χ1v) is 24.6. The highest BCUT2D eigenvalue weighted by atomic mass is 15.2. The molecule has 334 valence electrons. The quantitative estimate of drug-likeness (QED) is 0.159. The lowest BCUT2D eigenvalue weighted by molar-refractivity contribution is 0.521. The summed E-state index contributed by atoms with van der Waals surface area (Å²) in [7, 11) is 0. The zero-order valence-corrected chi connectivity index (χ0v) is 42.3. The number of anilines is 6. The van der Waals surface area contributed by atoms with E-state index in [4.69, 9.17) is 0 Å². The van der Waals surface area contributed by atoms with Gasteiger partial charge in [-0.05, 0) is 150 Å². The second kappa shape index (κ2) is 15.1. The van der Waals surface area contributed by atoms with E-state index in [0.29, 0.717) is 11.8 Å². The van der Waals surface area contributed by atoms with E-state index in [-0.39, 0.29) is 28.4 Å². The first kappa shape index (κ1) is 44.1. The highest BCUT2D eigenvalue weighted by molar-refractivity contribution is 7.00. The largest absolute Gasteiger partial charge is 0.311 e. The third-order valence-corrected chi connectivity index (χ3v) is 15.6. The van der Waals surface area contributed by atoms with Gasteiger partial charge in [-0.2, -0.15) is 0 Å². The van der Waals surface area contributed by atoms with Gasteiger partial charge in [-0.15, -0.1) is 0 Å². The van der Waals surface area contributed by atoms with Crippen molar-refractivity contribution in [2.75, 3.05) is 9.80 Å². The first-order chi connectivity index (χ1) is 31.1. The highest BCUT2D eigenvalue weighted by Crippen LogP contribution is 2.54. The Bertz CT molecular complexity index is 3070. The molecule has 7 aromatic rings. The van der Waals surface area contributed by atoms with Crippen LogP contribution in [0.1, 0.15) is 159 Å². The second-order valence-electron chi connectivity index (χ2n) is 23.6. The molecule has 0 saturated carbocycles. The molecule has 0 spiro atoms. The zero-order valence-electron chi connectivity index (χ0n) is 42.3. The van der Waals surface area contributed by atoms with Crippen molar-refractivity contribution < 1.29 is 0 Å². The number of benzene rings is 7. The predicted octanol–water partition coefficient (Wildman–Crippen LogP) is 15.6. The Morgan fingerprint density at radius 1 is 0.455 bits per heavy atom. The maximum Gasteiger partial charge on any atom is 0.252 e. The molecule has 3 aliphatic rings. The number of aryl methyl sites for hydroxylation is 1. The molecule has 0 aromatic heterocycles. The van der Waals surface area contributed by atoms with E-state index in [9.17, 15) is 0 Å². The fraction of sp³-hybridized carbons (Fsp3) is 0.333. The summed E-state index contributed by atoms with van der Waals surface area (Å²) in [6.07, 6.45) is 0. The van der Waals surface area contributed by atoms with Crippen molar-refractivity contribution in [2.24, 2.45) is 0 Å². The SMILES string of the molecule is Cc1cc2c3c(c1)N(c1ccc(C(C)(C)C)cc1-c1ccc(C(C)(C)C)cc1)c1cc4c(cc1B3c1ccc(C(C)C)cc1N2c1cccc(C(C)C)c1)C(C)(C)c1ccccc1C4(C)C.